The van der Waals surface area contributed by atoms with Crippen molar-refractivity contribution in [2.24, 2.45) is 0 Å². The van der Waals surface area contributed by atoms with Crippen LogP contribution in [0.1, 0.15) is 15.4 Å². The minimum atomic E-state index is 0.915. The monoisotopic (exact) mass is 242 g/mol. The van der Waals surface area contributed by atoms with E-state index in [1.165, 1.54) is 21.3 Å². The molecule has 0 saturated heterocycles. The van der Waals surface area contributed by atoms with Gasteiger partial charge in [0.05, 0.1) is 11.6 Å². The SMILES string of the molecule is Cc1ccc2ccn(Cc3cnc(C)s3)c2c1. The highest BCUT2D eigenvalue weighted by molar-refractivity contribution is 7.11. The normalized spacial score (nSPS) is 11.2. The van der Waals surface area contributed by atoms with Crippen LogP contribution >= 0.6 is 11.3 Å². The first kappa shape index (κ1) is 10.5. The Balaban J connectivity index is 2.03. The standard InChI is InChI=1S/C14H14N2S/c1-10-3-4-12-5-6-16(14(12)7-10)9-13-8-15-11(2)17-13/h3-8H,9H2,1-2H3. The molecule has 0 saturated carbocycles. The lowest BCUT2D eigenvalue weighted by Crippen LogP contribution is -1.95. The summed E-state index contributed by atoms with van der Waals surface area (Å²) in [6.07, 6.45) is 4.13. The Bertz CT molecular complexity index is 664. The van der Waals surface area contributed by atoms with Crippen LogP contribution in [-0.2, 0) is 6.54 Å². The molecular weight excluding hydrogens is 228 g/mol. The third kappa shape index (κ3) is 1.98. The Hall–Kier alpha value is -1.61. The lowest BCUT2D eigenvalue weighted by molar-refractivity contribution is 0.848. The summed E-state index contributed by atoms with van der Waals surface area (Å²) in [5, 5.41) is 2.43. The molecule has 0 amide bonds. The summed E-state index contributed by atoms with van der Waals surface area (Å²) in [4.78, 5) is 5.61. The van der Waals surface area contributed by atoms with Crippen molar-refractivity contribution in [3.8, 4) is 0 Å². The highest BCUT2D eigenvalue weighted by Crippen LogP contribution is 2.20. The van der Waals surface area contributed by atoms with Crippen molar-refractivity contribution in [2.45, 2.75) is 20.4 Å². The van der Waals surface area contributed by atoms with E-state index in [1.54, 1.807) is 11.3 Å². The van der Waals surface area contributed by atoms with Gasteiger partial charge in [0, 0.05) is 22.8 Å². The van der Waals surface area contributed by atoms with Crippen molar-refractivity contribution in [1.82, 2.24) is 9.55 Å². The fourth-order valence-corrected chi connectivity index (χ4v) is 2.87. The topological polar surface area (TPSA) is 17.8 Å². The van der Waals surface area contributed by atoms with E-state index in [-0.39, 0.29) is 0 Å². The zero-order chi connectivity index (χ0) is 11.8. The van der Waals surface area contributed by atoms with Gasteiger partial charge in [-0.05, 0) is 36.9 Å². The number of benzene rings is 1. The van der Waals surface area contributed by atoms with Crippen LogP contribution in [0, 0.1) is 13.8 Å². The molecular formula is C14H14N2S. The van der Waals surface area contributed by atoms with E-state index >= 15 is 0 Å². The van der Waals surface area contributed by atoms with Crippen LogP contribution in [0.5, 0.6) is 0 Å². The molecule has 17 heavy (non-hydrogen) atoms. The zero-order valence-corrected chi connectivity index (χ0v) is 10.8. The lowest BCUT2D eigenvalue weighted by Gasteiger charge is -2.03. The van der Waals surface area contributed by atoms with E-state index in [0.717, 1.165) is 11.6 Å². The van der Waals surface area contributed by atoms with Crippen molar-refractivity contribution >= 4 is 22.2 Å². The Kier molecular flexibility index (Phi) is 2.48. The van der Waals surface area contributed by atoms with E-state index in [4.69, 9.17) is 0 Å². The molecule has 0 bridgehead atoms. The summed E-state index contributed by atoms with van der Waals surface area (Å²) in [5.74, 6) is 0. The van der Waals surface area contributed by atoms with Gasteiger partial charge in [-0.15, -0.1) is 11.3 Å². The fourth-order valence-electron chi connectivity index (χ4n) is 2.08. The average molecular weight is 242 g/mol. The van der Waals surface area contributed by atoms with E-state index in [1.807, 2.05) is 13.1 Å². The Labute approximate surface area is 105 Å². The average Bonchev–Trinajstić information content (AvgIpc) is 2.87. The summed E-state index contributed by atoms with van der Waals surface area (Å²) in [5.41, 5.74) is 2.61. The minimum absolute atomic E-state index is 0.915. The van der Waals surface area contributed by atoms with Crippen LogP contribution < -0.4 is 0 Å². The number of hydrogen-bond donors (Lipinski definition) is 0. The summed E-state index contributed by atoms with van der Waals surface area (Å²) >= 11 is 1.77. The number of hydrogen-bond acceptors (Lipinski definition) is 2. The maximum atomic E-state index is 4.30. The largest absolute Gasteiger partial charge is 0.342 e. The summed E-state index contributed by atoms with van der Waals surface area (Å²) in [6, 6.07) is 8.74. The predicted molar refractivity (Wildman–Crippen MR) is 72.6 cm³/mol. The van der Waals surface area contributed by atoms with Crippen LogP contribution in [0.4, 0.5) is 0 Å². The molecule has 3 aromatic rings. The van der Waals surface area contributed by atoms with Crippen molar-refractivity contribution in [1.29, 1.82) is 0 Å². The van der Waals surface area contributed by atoms with Crippen LogP contribution in [0.3, 0.4) is 0 Å². The molecule has 0 aliphatic carbocycles. The maximum absolute atomic E-state index is 4.30. The molecule has 0 radical (unpaired) electrons. The number of fused-ring (bicyclic) bond motifs is 1. The van der Waals surface area contributed by atoms with Gasteiger partial charge in [-0.1, -0.05) is 12.1 Å². The highest BCUT2D eigenvalue weighted by Gasteiger charge is 2.04. The molecule has 0 N–H and O–H groups in total. The molecule has 0 aliphatic heterocycles. The van der Waals surface area contributed by atoms with Crippen LogP contribution in [0.15, 0.2) is 36.7 Å². The number of rotatable bonds is 2. The summed E-state index contributed by atoms with van der Waals surface area (Å²) in [7, 11) is 0. The first-order valence-electron chi connectivity index (χ1n) is 5.69. The first-order valence-corrected chi connectivity index (χ1v) is 6.51. The van der Waals surface area contributed by atoms with Crippen molar-refractivity contribution < 1.29 is 0 Å². The molecule has 3 rings (SSSR count). The van der Waals surface area contributed by atoms with Crippen LogP contribution in [-0.4, -0.2) is 9.55 Å². The molecule has 1 aromatic carbocycles. The molecule has 0 fully saturated rings. The maximum Gasteiger partial charge on any atom is 0.0897 e. The molecule has 0 aliphatic rings. The zero-order valence-electron chi connectivity index (χ0n) is 9.97. The summed E-state index contributed by atoms with van der Waals surface area (Å²) in [6.45, 7) is 5.10. The van der Waals surface area contributed by atoms with Gasteiger partial charge in [0.1, 0.15) is 0 Å². The number of aromatic nitrogens is 2. The van der Waals surface area contributed by atoms with Gasteiger partial charge < -0.3 is 4.57 Å². The Morgan fingerprint density at radius 1 is 1.24 bits per heavy atom. The van der Waals surface area contributed by atoms with Crippen LogP contribution in [0.25, 0.3) is 10.9 Å². The minimum Gasteiger partial charge on any atom is -0.342 e. The second-order valence-corrected chi connectivity index (χ2v) is 5.67. The Morgan fingerprint density at radius 3 is 2.88 bits per heavy atom. The molecule has 2 aromatic heterocycles. The van der Waals surface area contributed by atoms with E-state index < -0.39 is 0 Å². The number of nitrogens with zero attached hydrogens (tertiary/aromatic N) is 2. The molecule has 0 unspecified atom stereocenters. The molecule has 0 spiro atoms. The lowest BCUT2D eigenvalue weighted by atomic mass is 10.2. The molecule has 3 heteroatoms. The molecule has 2 nitrogen and oxygen atoms in total. The summed E-state index contributed by atoms with van der Waals surface area (Å²) < 4.78 is 2.29. The van der Waals surface area contributed by atoms with Crippen LogP contribution in [0.2, 0.25) is 0 Å². The predicted octanol–water partition coefficient (Wildman–Crippen LogP) is 3.76. The quantitative estimate of drug-likeness (QED) is 0.669. The van der Waals surface area contributed by atoms with Gasteiger partial charge in [0.15, 0.2) is 0 Å². The smallest absolute Gasteiger partial charge is 0.0897 e. The molecule has 86 valence electrons. The number of thiazole rings is 1. The fraction of sp³-hybridized carbons (Fsp3) is 0.214. The van der Waals surface area contributed by atoms with E-state index in [9.17, 15) is 0 Å². The van der Waals surface area contributed by atoms with E-state index in [2.05, 4.69) is 46.9 Å². The van der Waals surface area contributed by atoms with Gasteiger partial charge in [-0.2, -0.15) is 0 Å². The second kappa shape index (κ2) is 4.00. The van der Waals surface area contributed by atoms with Crippen molar-refractivity contribution in [2.75, 3.05) is 0 Å². The second-order valence-electron chi connectivity index (χ2n) is 4.35. The third-order valence-electron chi connectivity index (χ3n) is 2.92. The van der Waals surface area contributed by atoms with Crippen molar-refractivity contribution in [3.05, 3.63) is 52.1 Å². The van der Waals surface area contributed by atoms with Gasteiger partial charge >= 0.3 is 0 Å². The van der Waals surface area contributed by atoms with Gasteiger partial charge in [0.25, 0.3) is 0 Å². The number of aryl methyl sites for hydroxylation is 2. The van der Waals surface area contributed by atoms with E-state index in [0.29, 0.717) is 0 Å². The van der Waals surface area contributed by atoms with Gasteiger partial charge in [-0.25, -0.2) is 4.98 Å². The molecule has 2 heterocycles. The highest BCUT2D eigenvalue weighted by atomic mass is 32.1. The van der Waals surface area contributed by atoms with Gasteiger partial charge in [-0.3, -0.25) is 0 Å². The molecule has 0 atom stereocenters. The van der Waals surface area contributed by atoms with Gasteiger partial charge in [0.2, 0.25) is 0 Å². The van der Waals surface area contributed by atoms with Crippen molar-refractivity contribution in [3.63, 3.8) is 0 Å². The third-order valence-corrected chi connectivity index (χ3v) is 3.82. The first-order chi connectivity index (χ1) is 8.22. The Morgan fingerprint density at radius 2 is 2.12 bits per heavy atom.